The molecule has 0 atom stereocenters. The van der Waals surface area contributed by atoms with Crippen molar-refractivity contribution in [2.24, 2.45) is 5.92 Å². The van der Waals surface area contributed by atoms with Crippen LogP contribution < -0.4 is 10.1 Å². The third-order valence-electron chi connectivity index (χ3n) is 3.65. The standard InChI is InChI=1S/C19H18N2O4S/c1-11(2)18(24)20-12-7-8-15(25-10-17(22)23)13(9-12)19-21-14-5-3-4-6-16(14)26-19/h3-9,11H,10H2,1-2H3,(H,20,24)(H,22,23). The molecule has 1 heterocycles. The molecule has 6 nitrogen and oxygen atoms in total. The molecule has 0 fully saturated rings. The number of benzene rings is 2. The Bertz CT molecular complexity index is 932. The number of nitrogens with one attached hydrogen (secondary N) is 1. The van der Waals surface area contributed by atoms with Crippen LogP contribution in [-0.2, 0) is 9.59 Å². The SMILES string of the molecule is CC(C)C(=O)Nc1ccc(OCC(=O)O)c(-c2nc3ccccc3s2)c1. The zero-order valence-corrected chi connectivity index (χ0v) is 15.2. The van der Waals surface area contributed by atoms with Gasteiger partial charge in [0.2, 0.25) is 5.91 Å². The van der Waals surface area contributed by atoms with Crippen molar-refractivity contribution in [2.45, 2.75) is 13.8 Å². The monoisotopic (exact) mass is 370 g/mol. The number of para-hydroxylation sites is 1. The van der Waals surface area contributed by atoms with Crippen LogP contribution in [0.1, 0.15) is 13.8 Å². The maximum Gasteiger partial charge on any atom is 0.341 e. The summed E-state index contributed by atoms with van der Waals surface area (Å²) in [7, 11) is 0. The smallest absolute Gasteiger partial charge is 0.341 e. The number of aliphatic carboxylic acids is 1. The lowest BCUT2D eigenvalue weighted by molar-refractivity contribution is -0.139. The zero-order chi connectivity index (χ0) is 18.7. The van der Waals surface area contributed by atoms with E-state index in [4.69, 9.17) is 9.84 Å². The Labute approximate surface area is 154 Å². The Balaban J connectivity index is 2.02. The van der Waals surface area contributed by atoms with Gasteiger partial charge in [-0.05, 0) is 30.3 Å². The van der Waals surface area contributed by atoms with Gasteiger partial charge >= 0.3 is 5.97 Å². The molecular weight excluding hydrogens is 352 g/mol. The molecule has 0 unspecified atom stereocenters. The number of fused-ring (bicyclic) bond motifs is 1. The van der Waals surface area contributed by atoms with Gasteiger partial charge in [0.1, 0.15) is 10.8 Å². The first-order valence-corrected chi connectivity index (χ1v) is 8.91. The van der Waals surface area contributed by atoms with E-state index in [1.165, 1.54) is 11.3 Å². The summed E-state index contributed by atoms with van der Waals surface area (Å²) in [6, 6.07) is 12.8. The number of aromatic nitrogens is 1. The summed E-state index contributed by atoms with van der Waals surface area (Å²) < 4.78 is 6.43. The van der Waals surface area contributed by atoms with E-state index < -0.39 is 12.6 Å². The maximum absolute atomic E-state index is 12.0. The van der Waals surface area contributed by atoms with Crippen LogP contribution >= 0.6 is 11.3 Å². The average molecular weight is 370 g/mol. The first-order chi connectivity index (χ1) is 12.4. The van der Waals surface area contributed by atoms with Gasteiger partial charge in [0.25, 0.3) is 0 Å². The molecule has 1 aromatic heterocycles. The molecule has 2 aromatic carbocycles. The number of carbonyl (C=O) groups excluding carboxylic acids is 1. The largest absolute Gasteiger partial charge is 0.481 e. The molecule has 3 rings (SSSR count). The second-order valence-corrected chi connectivity index (χ2v) is 7.05. The summed E-state index contributed by atoms with van der Waals surface area (Å²) >= 11 is 1.48. The molecule has 1 amide bonds. The van der Waals surface area contributed by atoms with E-state index in [1.54, 1.807) is 18.2 Å². The van der Waals surface area contributed by atoms with Gasteiger partial charge in [-0.3, -0.25) is 4.79 Å². The van der Waals surface area contributed by atoms with Crippen LogP contribution in [0.15, 0.2) is 42.5 Å². The highest BCUT2D eigenvalue weighted by Gasteiger charge is 2.15. The van der Waals surface area contributed by atoms with E-state index in [0.717, 1.165) is 10.2 Å². The fourth-order valence-electron chi connectivity index (χ4n) is 2.31. The number of thiazole rings is 1. The Morgan fingerprint density at radius 1 is 1.23 bits per heavy atom. The number of carboxylic acids is 1. The summed E-state index contributed by atoms with van der Waals surface area (Å²) in [5.41, 5.74) is 2.11. The quantitative estimate of drug-likeness (QED) is 0.684. The normalized spacial score (nSPS) is 10.9. The molecular formula is C19H18N2O4S. The number of hydrogen-bond acceptors (Lipinski definition) is 5. The molecule has 0 spiro atoms. The Morgan fingerprint density at radius 2 is 2.00 bits per heavy atom. The highest BCUT2D eigenvalue weighted by Crippen LogP contribution is 2.37. The summed E-state index contributed by atoms with van der Waals surface area (Å²) in [4.78, 5) is 27.4. The van der Waals surface area contributed by atoms with E-state index in [9.17, 15) is 9.59 Å². The number of anilines is 1. The number of hydrogen-bond donors (Lipinski definition) is 2. The van der Waals surface area contributed by atoms with E-state index in [0.29, 0.717) is 22.0 Å². The van der Waals surface area contributed by atoms with Gasteiger partial charge in [-0.2, -0.15) is 0 Å². The minimum atomic E-state index is -1.06. The van der Waals surface area contributed by atoms with Gasteiger partial charge in [-0.25, -0.2) is 9.78 Å². The van der Waals surface area contributed by atoms with Gasteiger partial charge in [0, 0.05) is 11.6 Å². The minimum Gasteiger partial charge on any atom is -0.481 e. The lowest BCUT2D eigenvalue weighted by atomic mass is 10.1. The number of nitrogens with zero attached hydrogens (tertiary/aromatic N) is 1. The molecule has 0 bridgehead atoms. The lowest BCUT2D eigenvalue weighted by Gasteiger charge is -2.12. The lowest BCUT2D eigenvalue weighted by Crippen LogP contribution is -2.17. The topological polar surface area (TPSA) is 88.5 Å². The zero-order valence-electron chi connectivity index (χ0n) is 14.4. The molecule has 0 saturated heterocycles. The van der Waals surface area contributed by atoms with Crippen LogP contribution in [0.3, 0.4) is 0 Å². The first kappa shape index (κ1) is 17.9. The summed E-state index contributed by atoms with van der Waals surface area (Å²) in [6.45, 7) is 3.18. The van der Waals surface area contributed by atoms with Gasteiger partial charge < -0.3 is 15.2 Å². The van der Waals surface area contributed by atoms with Gasteiger partial charge in [-0.15, -0.1) is 11.3 Å². The summed E-state index contributed by atoms with van der Waals surface area (Å²) in [5.74, 6) is -0.894. The van der Waals surface area contributed by atoms with Crippen molar-refractivity contribution < 1.29 is 19.4 Å². The van der Waals surface area contributed by atoms with E-state index in [2.05, 4.69) is 10.3 Å². The Morgan fingerprint density at radius 3 is 2.69 bits per heavy atom. The third-order valence-corrected chi connectivity index (χ3v) is 4.72. The average Bonchev–Trinajstić information content (AvgIpc) is 3.04. The van der Waals surface area contributed by atoms with Gasteiger partial charge in [0.15, 0.2) is 6.61 Å². The molecule has 7 heteroatoms. The van der Waals surface area contributed by atoms with Crippen molar-refractivity contribution in [3.8, 4) is 16.3 Å². The highest BCUT2D eigenvalue weighted by atomic mass is 32.1. The second-order valence-electron chi connectivity index (χ2n) is 6.02. The number of carbonyl (C=O) groups is 2. The van der Waals surface area contributed by atoms with Crippen LogP contribution in [0.25, 0.3) is 20.8 Å². The fraction of sp³-hybridized carbons (Fsp3) is 0.211. The Kier molecular flexibility index (Phi) is 5.18. The van der Waals surface area contributed by atoms with Crippen LogP contribution in [0.2, 0.25) is 0 Å². The number of amides is 1. The molecule has 2 N–H and O–H groups in total. The first-order valence-electron chi connectivity index (χ1n) is 8.09. The number of ether oxygens (including phenoxy) is 1. The predicted molar refractivity (Wildman–Crippen MR) is 102 cm³/mol. The maximum atomic E-state index is 12.0. The van der Waals surface area contributed by atoms with Crippen LogP contribution in [0.4, 0.5) is 5.69 Å². The van der Waals surface area contributed by atoms with Gasteiger partial charge in [-0.1, -0.05) is 26.0 Å². The summed E-state index contributed by atoms with van der Waals surface area (Å²) in [6.07, 6.45) is 0. The van der Waals surface area contributed by atoms with Crippen molar-refractivity contribution in [1.29, 1.82) is 0 Å². The van der Waals surface area contributed by atoms with Crippen LogP contribution in [0.5, 0.6) is 5.75 Å². The number of rotatable bonds is 6. The van der Waals surface area contributed by atoms with Crippen LogP contribution in [-0.4, -0.2) is 28.6 Å². The van der Waals surface area contributed by atoms with E-state index in [-0.39, 0.29) is 11.8 Å². The van der Waals surface area contributed by atoms with Crippen molar-refractivity contribution in [3.05, 3.63) is 42.5 Å². The van der Waals surface area contributed by atoms with E-state index >= 15 is 0 Å². The van der Waals surface area contributed by atoms with Crippen molar-refractivity contribution >= 4 is 39.1 Å². The van der Waals surface area contributed by atoms with Gasteiger partial charge in [0.05, 0.1) is 15.8 Å². The van der Waals surface area contributed by atoms with E-state index in [1.807, 2.05) is 38.1 Å². The number of carboxylic acid groups (broad SMARTS) is 1. The second kappa shape index (κ2) is 7.53. The third kappa shape index (κ3) is 4.00. The molecule has 3 aromatic rings. The molecule has 0 aliphatic heterocycles. The highest BCUT2D eigenvalue weighted by molar-refractivity contribution is 7.21. The van der Waals surface area contributed by atoms with Crippen molar-refractivity contribution in [3.63, 3.8) is 0 Å². The predicted octanol–water partition coefficient (Wildman–Crippen LogP) is 4.02. The van der Waals surface area contributed by atoms with Crippen LogP contribution in [0, 0.1) is 5.92 Å². The molecule has 0 saturated carbocycles. The fourth-order valence-corrected chi connectivity index (χ4v) is 3.30. The molecule has 26 heavy (non-hydrogen) atoms. The van der Waals surface area contributed by atoms with Crippen molar-refractivity contribution in [1.82, 2.24) is 4.98 Å². The Hall–Kier alpha value is -2.93. The molecule has 0 aliphatic rings. The molecule has 0 aliphatic carbocycles. The molecule has 134 valence electrons. The molecule has 0 radical (unpaired) electrons. The summed E-state index contributed by atoms with van der Waals surface area (Å²) in [5, 5.41) is 12.4. The van der Waals surface area contributed by atoms with Crippen molar-refractivity contribution in [2.75, 3.05) is 11.9 Å². The minimum absolute atomic E-state index is 0.0977.